The Kier molecular flexibility index (Phi) is 12.5. The van der Waals surface area contributed by atoms with Gasteiger partial charge in [-0.3, -0.25) is 9.79 Å². The monoisotopic (exact) mass is 532 g/mol. The summed E-state index contributed by atoms with van der Waals surface area (Å²) in [6.07, 6.45) is 3.66. The second-order valence-corrected chi connectivity index (χ2v) is 6.84. The van der Waals surface area contributed by atoms with Gasteiger partial charge in [-0.25, -0.2) is 0 Å². The maximum Gasteiger partial charge on any atom is 0.250 e. The molecule has 0 unspecified atom stereocenters. The number of aliphatic imine (C=N–C) groups is 1. The van der Waals surface area contributed by atoms with Gasteiger partial charge in [0.25, 0.3) is 0 Å². The van der Waals surface area contributed by atoms with Crippen LogP contribution in [0.15, 0.2) is 58.4 Å². The molecule has 0 atom stereocenters. The first kappa shape index (κ1) is 25.3. The minimum absolute atomic E-state index is 0. The van der Waals surface area contributed by atoms with Crippen LogP contribution in [-0.2, 0) is 6.54 Å². The van der Waals surface area contributed by atoms with Gasteiger partial charge >= 0.3 is 0 Å². The molecule has 0 fully saturated rings. The lowest BCUT2D eigenvalue weighted by Gasteiger charge is -2.22. The summed E-state index contributed by atoms with van der Waals surface area (Å²) in [5, 5.41) is 4.00. The number of pyridine rings is 1. The van der Waals surface area contributed by atoms with Gasteiger partial charge in [0, 0.05) is 44.0 Å². The number of aromatic nitrogens is 1. The quantitative estimate of drug-likeness (QED) is 0.218. The zero-order chi connectivity index (χ0) is 20.2. The van der Waals surface area contributed by atoms with E-state index in [0.29, 0.717) is 24.7 Å². The molecular weight excluding hydrogens is 503 g/mol. The highest BCUT2D eigenvalue weighted by molar-refractivity contribution is 14.0. The second kappa shape index (κ2) is 14.3. The van der Waals surface area contributed by atoms with Gasteiger partial charge in [0.15, 0.2) is 5.96 Å². The number of ether oxygens (including phenoxy) is 1. The van der Waals surface area contributed by atoms with Crippen molar-refractivity contribution in [2.24, 2.45) is 4.99 Å². The molecular formula is C21H30ClIN4O2. The number of hydrogen-bond acceptors (Lipinski definition) is 3. The van der Waals surface area contributed by atoms with Crippen LogP contribution >= 0.6 is 35.6 Å². The zero-order valence-corrected chi connectivity index (χ0v) is 20.1. The van der Waals surface area contributed by atoms with Crippen LogP contribution in [0, 0.1) is 0 Å². The zero-order valence-electron chi connectivity index (χ0n) is 17.0. The summed E-state index contributed by atoms with van der Waals surface area (Å²) in [6, 6.07) is 12.6. The predicted molar refractivity (Wildman–Crippen MR) is 131 cm³/mol. The molecule has 2 rings (SSSR count). The SMILES string of the molecule is CCNC(=NCCCCn1ccccc1=O)N(C)CCOc1ccc(Cl)cc1.I. The van der Waals surface area contributed by atoms with Crippen molar-refractivity contribution < 1.29 is 4.74 Å². The average Bonchev–Trinajstić information content (AvgIpc) is 2.69. The van der Waals surface area contributed by atoms with Gasteiger partial charge in [-0.1, -0.05) is 17.7 Å². The molecule has 2 aromatic rings. The van der Waals surface area contributed by atoms with E-state index in [1.54, 1.807) is 16.7 Å². The topological polar surface area (TPSA) is 58.9 Å². The van der Waals surface area contributed by atoms with E-state index in [0.717, 1.165) is 37.6 Å². The van der Waals surface area contributed by atoms with Crippen molar-refractivity contribution in [2.45, 2.75) is 26.3 Å². The molecule has 0 radical (unpaired) electrons. The molecule has 0 saturated carbocycles. The van der Waals surface area contributed by atoms with Crippen molar-refractivity contribution in [3.8, 4) is 5.75 Å². The number of nitrogens with one attached hydrogen (secondary N) is 1. The van der Waals surface area contributed by atoms with Crippen LogP contribution in [0.4, 0.5) is 0 Å². The van der Waals surface area contributed by atoms with E-state index in [1.165, 1.54) is 0 Å². The Labute approximate surface area is 194 Å². The summed E-state index contributed by atoms with van der Waals surface area (Å²) < 4.78 is 7.48. The molecule has 0 aliphatic heterocycles. The maximum absolute atomic E-state index is 11.7. The summed E-state index contributed by atoms with van der Waals surface area (Å²) in [5.41, 5.74) is 0.0414. The number of rotatable bonds is 10. The van der Waals surface area contributed by atoms with Crippen LogP contribution < -0.4 is 15.6 Å². The Hall–Kier alpha value is -1.74. The lowest BCUT2D eigenvalue weighted by molar-refractivity contribution is 0.281. The van der Waals surface area contributed by atoms with Crippen LogP contribution in [0.25, 0.3) is 0 Å². The van der Waals surface area contributed by atoms with Crippen LogP contribution in [0.5, 0.6) is 5.75 Å². The number of benzene rings is 1. The van der Waals surface area contributed by atoms with E-state index in [-0.39, 0.29) is 29.5 Å². The highest BCUT2D eigenvalue weighted by atomic mass is 127. The molecule has 1 N–H and O–H groups in total. The molecule has 1 aromatic heterocycles. The molecule has 1 heterocycles. The van der Waals surface area contributed by atoms with Gasteiger partial charge in [-0.05, 0) is 50.1 Å². The highest BCUT2D eigenvalue weighted by Crippen LogP contribution is 2.15. The molecule has 1 aromatic carbocycles. The smallest absolute Gasteiger partial charge is 0.250 e. The third-order valence-electron chi connectivity index (χ3n) is 4.17. The number of guanidine groups is 1. The fourth-order valence-electron chi connectivity index (χ4n) is 2.63. The Morgan fingerprint density at radius 3 is 2.66 bits per heavy atom. The molecule has 0 aliphatic carbocycles. The van der Waals surface area contributed by atoms with Crippen molar-refractivity contribution in [3.63, 3.8) is 0 Å². The van der Waals surface area contributed by atoms with E-state index in [2.05, 4.69) is 22.1 Å². The normalized spacial score (nSPS) is 10.9. The Morgan fingerprint density at radius 1 is 1.21 bits per heavy atom. The molecule has 0 aliphatic rings. The number of aryl methyl sites for hydroxylation is 1. The van der Waals surface area contributed by atoms with Crippen LogP contribution in [0.3, 0.4) is 0 Å². The number of unbranched alkanes of at least 4 members (excludes halogenated alkanes) is 1. The molecule has 8 heteroatoms. The lowest BCUT2D eigenvalue weighted by atomic mass is 10.3. The maximum atomic E-state index is 11.7. The third kappa shape index (κ3) is 9.54. The minimum Gasteiger partial charge on any atom is -0.492 e. The van der Waals surface area contributed by atoms with Crippen LogP contribution in [0.1, 0.15) is 19.8 Å². The Balaban J connectivity index is 0.00000420. The van der Waals surface area contributed by atoms with Gasteiger partial charge in [0.2, 0.25) is 5.56 Å². The summed E-state index contributed by atoms with van der Waals surface area (Å²) >= 11 is 5.88. The Morgan fingerprint density at radius 2 is 1.97 bits per heavy atom. The van der Waals surface area contributed by atoms with Crippen molar-refractivity contribution in [2.75, 3.05) is 33.3 Å². The van der Waals surface area contributed by atoms with Crippen LogP contribution in [0.2, 0.25) is 5.02 Å². The summed E-state index contributed by atoms with van der Waals surface area (Å²) in [7, 11) is 2.00. The van der Waals surface area contributed by atoms with E-state index >= 15 is 0 Å². The molecule has 29 heavy (non-hydrogen) atoms. The summed E-state index contributed by atoms with van der Waals surface area (Å²) in [6.45, 7) is 5.56. The second-order valence-electron chi connectivity index (χ2n) is 6.40. The van der Waals surface area contributed by atoms with Crippen LogP contribution in [-0.4, -0.2) is 48.7 Å². The number of likely N-dealkylation sites (N-methyl/N-ethyl adjacent to an activating group) is 1. The van der Waals surface area contributed by atoms with Gasteiger partial charge in [-0.15, -0.1) is 24.0 Å². The molecule has 0 bridgehead atoms. The fourth-order valence-corrected chi connectivity index (χ4v) is 2.76. The van der Waals surface area contributed by atoms with Crippen molar-refractivity contribution >= 4 is 41.5 Å². The summed E-state index contributed by atoms with van der Waals surface area (Å²) in [4.78, 5) is 18.4. The van der Waals surface area contributed by atoms with E-state index in [9.17, 15) is 4.79 Å². The third-order valence-corrected chi connectivity index (χ3v) is 4.43. The number of halogens is 2. The molecule has 0 spiro atoms. The molecule has 160 valence electrons. The largest absolute Gasteiger partial charge is 0.492 e. The van der Waals surface area contributed by atoms with Crippen molar-refractivity contribution in [3.05, 3.63) is 64.0 Å². The van der Waals surface area contributed by atoms with Crippen molar-refractivity contribution in [1.82, 2.24) is 14.8 Å². The lowest BCUT2D eigenvalue weighted by Crippen LogP contribution is -2.41. The van der Waals surface area contributed by atoms with Gasteiger partial charge in [-0.2, -0.15) is 0 Å². The van der Waals surface area contributed by atoms with Gasteiger partial charge in [0.1, 0.15) is 12.4 Å². The van der Waals surface area contributed by atoms with Crippen molar-refractivity contribution in [1.29, 1.82) is 0 Å². The van der Waals surface area contributed by atoms with E-state index in [4.69, 9.17) is 16.3 Å². The highest BCUT2D eigenvalue weighted by Gasteiger charge is 2.05. The van der Waals surface area contributed by atoms with E-state index < -0.39 is 0 Å². The molecule has 0 saturated heterocycles. The van der Waals surface area contributed by atoms with Gasteiger partial charge < -0.3 is 19.5 Å². The average molecular weight is 533 g/mol. The Bertz CT molecular complexity index is 796. The predicted octanol–water partition coefficient (Wildman–Crippen LogP) is 3.88. The first-order valence-corrected chi connectivity index (χ1v) is 10.0. The number of hydrogen-bond donors (Lipinski definition) is 1. The summed E-state index contributed by atoms with van der Waals surface area (Å²) in [5.74, 6) is 1.66. The van der Waals surface area contributed by atoms with Gasteiger partial charge in [0.05, 0.1) is 6.54 Å². The molecule has 0 amide bonds. The fraction of sp³-hybridized carbons (Fsp3) is 0.429. The molecule has 6 nitrogen and oxygen atoms in total. The first-order valence-electron chi connectivity index (χ1n) is 9.63. The minimum atomic E-state index is 0. The number of nitrogens with zero attached hydrogens (tertiary/aromatic N) is 3. The van der Waals surface area contributed by atoms with E-state index in [1.807, 2.05) is 43.6 Å². The first-order chi connectivity index (χ1) is 13.6. The standard InChI is InChI=1S/C21H29ClN4O2.HI/c1-3-23-21(24-13-5-7-15-26-14-6-4-8-20(26)27)25(2)16-17-28-19-11-9-18(22)10-12-19;/h4,6,8-12,14H,3,5,7,13,15-17H2,1-2H3,(H,23,24);1H.